The third kappa shape index (κ3) is 7.65. The predicted octanol–water partition coefficient (Wildman–Crippen LogP) is 5.04. The lowest BCUT2D eigenvalue weighted by molar-refractivity contribution is 0.132. The van der Waals surface area contributed by atoms with Crippen LogP contribution in [0.5, 0.6) is 5.75 Å². The smallest absolute Gasteiger partial charge is 0.305 e. The normalized spacial score (nSPS) is 13.1. The van der Waals surface area contributed by atoms with Crippen molar-refractivity contribution in [3.8, 4) is 5.75 Å². The van der Waals surface area contributed by atoms with Gasteiger partial charge in [0.2, 0.25) is 0 Å². The van der Waals surface area contributed by atoms with Gasteiger partial charge in [-0.2, -0.15) is 0 Å². The molecule has 0 spiro atoms. The minimum Gasteiger partial charge on any atom is -0.506 e. The van der Waals surface area contributed by atoms with Gasteiger partial charge in [-0.05, 0) is 48.8 Å². The van der Waals surface area contributed by atoms with Gasteiger partial charge in [0.15, 0.2) is 0 Å². The number of halogens is 1. The zero-order valence-corrected chi connectivity index (χ0v) is 19.6. The number of phenols is 1. The number of nitrogens with one attached hydrogen (secondary N) is 1. The maximum absolute atomic E-state index is 11.7. The number of benzene rings is 2. The number of hydrogen-bond acceptors (Lipinski definition) is 5. The molecule has 5 nitrogen and oxygen atoms in total. The lowest BCUT2D eigenvalue weighted by Crippen LogP contribution is -2.30. The van der Waals surface area contributed by atoms with E-state index in [-0.39, 0.29) is 29.1 Å². The molecule has 0 amide bonds. The summed E-state index contributed by atoms with van der Waals surface area (Å²) in [7, 11) is 0. The molecule has 0 bridgehead atoms. The van der Waals surface area contributed by atoms with Crippen LogP contribution in [-0.2, 0) is 17.6 Å². The summed E-state index contributed by atoms with van der Waals surface area (Å²) >= 11 is 1.14. The van der Waals surface area contributed by atoms with E-state index in [4.69, 9.17) is 10.5 Å². The van der Waals surface area contributed by atoms with Gasteiger partial charge >= 0.3 is 4.87 Å². The number of nitrogens with two attached hydrogens (primary N) is 1. The second kappa shape index (κ2) is 12.9. The van der Waals surface area contributed by atoms with Crippen molar-refractivity contribution in [2.24, 2.45) is 11.7 Å². The fourth-order valence-corrected chi connectivity index (χ4v) is 4.57. The fourth-order valence-electron chi connectivity index (χ4n) is 3.69. The molecule has 31 heavy (non-hydrogen) atoms. The van der Waals surface area contributed by atoms with Gasteiger partial charge in [-0.1, -0.05) is 67.5 Å². The van der Waals surface area contributed by atoms with Crippen LogP contribution in [-0.4, -0.2) is 29.3 Å². The molecule has 0 saturated carbocycles. The fraction of sp³-hybridized carbons (Fsp3) is 0.458. The average Bonchev–Trinajstić information content (AvgIpc) is 3.15. The number of phenolic OH excluding ortho intramolecular Hbond substituents is 1. The highest BCUT2D eigenvalue weighted by Crippen LogP contribution is 2.29. The minimum absolute atomic E-state index is 0. The molecule has 7 heteroatoms. The molecule has 4 N–H and O–H groups in total. The van der Waals surface area contributed by atoms with Crippen LogP contribution < -0.4 is 10.6 Å². The summed E-state index contributed by atoms with van der Waals surface area (Å²) in [5.41, 5.74) is 9.32. The lowest BCUT2D eigenvalue weighted by atomic mass is 9.91. The van der Waals surface area contributed by atoms with Crippen LogP contribution in [0.2, 0.25) is 0 Å². The Balaban J connectivity index is 0.00000341. The van der Waals surface area contributed by atoms with Crippen LogP contribution in [0.25, 0.3) is 10.2 Å². The molecule has 0 unspecified atom stereocenters. The quantitative estimate of drug-likeness (QED) is 0.327. The van der Waals surface area contributed by atoms with E-state index in [0.717, 1.165) is 66.9 Å². The Morgan fingerprint density at radius 1 is 1.10 bits per heavy atom. The Kier molecular flexibility index (Phi) is 10.5. The van der Waals surface area contributed by atoms with Crippen LogP contribution in [0, 0.1) is 5.92 Å². The summed E-state index contributed by atoms with van der Waals surface area (Å²) in [6.45, 7) is 3.78. The number of aromatic hydroxyl groups is 1. The highest BCUT2D eigenvalue weighted by molar-refractivity contribution is 7.16. The van der Waals surface area contributed by atoms with E-state index < -0.39 is 0 Å². The van der Waals surface area contributed by atoms with Gasteiger partial charge in [0, 0.05) is 12.6 Å². The Labute approximate surface area is 194 Å². The Hall–Kier alpha value is -1.86. The molecule has 3 aromatic rings. The molecular weight excluding hydrogens is 432 g/mol. The zero-order valence-electron chi connectivity index (χ0n) is 18.0. The standard InChI is InChI=1S/C24H32N2O3S.ClH/c1-17(8-4-3-7-14-29-15-13-18-9-5-2-6-10-18)20(25)16-19-11-12-21(27)22-23(19)30-24(28)26-22;/h2,5-6,9-12,17,20,27H,3-4,7-8,13-16,25H2,1H3,(H,26,28);1H/t17-,20+;/m0./s1. The van der Waals surface area contributed by atoms with Crippen molar-refractivity contribution in [3.63, 3.8) is 0 Å². The van der Waals surface area contributed by atoms with E-state index in [0.29, 0.717) is 17.9 Å². The first-order valence-corrected chi connectivity index (χ1v) is 11.6. The monoisotopic (exact) mass is 464 g/mol. The molecule has 0 fully saturated rings. The van der Waals surface area contributed by atoms with Gasteiger partial charge in [-0.25, -0.2) is 0 Å². The number of rotatable bonds is 12. The van der Waals surface area contributed by atoms with Gasteiger partial charge < -0.3 is 20.6 Å². The number of ether oxygens (including phenoxy) is 1. The predicted molar refractivity (Wildman–Crippen MR) is 132 cm³/mol. The van der Waals surface area contributed by atoms with Crippen LogP contribution in [0.4, 0.5) is 0 Å². The summed E-state index contributed by atoms with van der Waals surface area (Å²) < 4.78 is 6.57. The SMILES string of the molecule is C[C@@H](CCCCCOCCc1ccccc1)[C@H](N)Cc1ccc(O)c2[nH]c(=O)sc12.Cl. The van der Waals surface area contributed by atoms with Gasteiger partial charge in [0.1, 0.15) is 11.3 Å². The van der Waals surface area contributed by atoms with E-state index in [1.165, 1.54) is 5.56 Å². The molecule has 0 aliphatic heterocycles. The average molecular weight is 465 g/mol. The largest absolute Gasteiger partial charge is 0.506 e. The Morgan fingerprint density at radius 3 is 2.65 bits per heavy atom. The summed E-state index contributed by atoms with van der Waals surface area (Å²) in [6.07, 6.45) is 6.11. The number of thiazole rings is 1. The maximum Gasteiger partial charge on any atom is 0.305 e. The van der Waals surface area contributed by atoms with Crippen molar-refractivity contribution < 1.29 is 9.84 Å². The molecule has 0 saturated heterocycles. The number of aromatic amines is 1. The summed E-state index contributed by atoms with van der Waals surface area (Å²) in [5, 5.41) is 9.93. The minimum atomic E-state index is -0.152. The van der Waals surface area contributed by atoms with E-state index >= 15 is 0 Å². The van der Waals surface area contributed by atoms with Crippen molar-refractivity contribution >= 4 is 34.0 Å². The molecule has 1 aromatic heterocycles. The van der Waals surface area contributed by atoms with E-state index in [9.17, 15) is 9.90 Å². The molecule has 2 atom stereocenters. The van der Waals surface area contributed by atoms with E-state index in [1.807, 2.05) is 12.1 Å². The third-order valence-electron chi connectivity index (χ3n) is 5.65. The molecule has 0 aliphatic rings. The second-order valence-corrected chi connectivity index (χ2v) is 8.99. The first-order chi connectivity index (χ1) is 14.5. The molecule has 170 valence electrons. The first kappa shape index (κ1) is 25.4. The summed E-state index contributed by atoms with van der Waals surface area (Å²) in [6, 6.07) is 14.0. The van der Waals surface area contributed by atoms with Crippen molar-refractivity contribution in [2.75, 3.05) is 13.2 Å². The van der Waals surface area contributed by atoms with Crippen molar-refractivity contribution in [3.05, 3.63) is 63.3 Å². The van der Waals surface area contributed by atoms with Gasteiger partial charge in [-0.15, -0.1) is 12.4 Å². The van der Waals surface area contributed by atoms with Gasteiger partial charge in [-0.3, -0.25) is 4.79 Å². The van der Waals surface area contributed by atoms with Crippen molar-refractivity contribution in [1.29, 1.82) is 0 Å². The van der Waals surface area contributed by atoms with Gasteiger partial charge in [0.05, 0.1) is 11.3 Å². The van der Waals surface area contributed by atoms with E-state index in [2.05, 4.69) is 36.2 Å². The molecule has 3 rings (SSSR count). The summed E-state index contributed by atoms with van der Waals surface area (Å²) in [5.74, 6) is 0.503. The first-order valence-electron chi connectivity index (χ1n) is 10.8. The highest BCUT2D eigenvalue weighted by Gasteiger charge is 2.17. The van der Waals surface area contributed by atoms with Crippen molar-refractivity contribution in [1.82, 2.24) is 4.98 Å². The number of aromatic nitrogens is 1. The molecule has 0 aliphatic carbocycles. The van der Waals surface area contributed by atoms with E-state index in [1.54, 1.807) is 6.07 Å². The highest BCUT2D eigenvalue weighted by atomic mass is 35.5. The number of unbranched alkanes of at least 4 members (excludes halogenated alkanes) is 2. The number of hydrogen-bond donors (Lipinski definition) is 3. The van der Waals surface area contributed by atoms with Crippen LogP contribution >= 0.6 is 23.7 Å². The molecule has 0 radical (unpaired) electrons. The summed E-state index contributed by atoms with van der Waals surface area (Å²) in [4.78, 5) is 14.2. The lowest BCUT2D eigenvalue weighted by Gasteiger charge is -2.20. The molecule has 1 heterocycles. The molecular formula is C24H33ClN2O3S. The zero-order chi connectivity index (χ0) is 21.3. The van der Waals surface area contributed by atoms with Crippen molar-refractivity contribution in [2.45, 2.75) is 51.5 Å². The Bertz CT molecular complexity index is 974. The third-order valence-corrected chi connectivity index (χ3v) is 6.61. The second-order valence-electron chi connectivity index (χ2n) is 8.01. The maximum atomic E-state index is 11.7. The van der Waals surface area contributed by atoms with Crippen LogP contribution in [0.15, 0.2) is 47.3 Å². The molecule has 2 aromatic carbocycles. The van der Waals surface area contributed by atoms with Crippen LogP contribution in [0.1, 0.15) is 43.7 Å². The Morgan fingerprint density at radius 2 is 1.87 bits per heavy atom. The topological polar surface area (TPSA) is 88.3 Å². The van der Waals surface area contributed by atoms with Crippen LogP contribution in [0.3, 0.4) is 0 Å². The number of fused-ring (bicyclic) bond motifs is 1. The van der Waals surface area contributed by atoms with Gasteiger partial charge in [0.25, 0.3) is 0 Å². The number of H-pyrrole nitrogens is 1.